The van der Waals surface area contributed by atoms with Crippen molar-refractivity contribution in [2.45, 2.75) is 45.9 Å². The Bertz CT molecular complexity index is 691. The molecule has 27 heavy (non-hydrogen) atoms. The highest BCUT2D eigenvalue weighted by Crippen LogP contribution is 2.22. The molecule has 1 aromatic heterocycles. The number of benzene rings is 1. The molecule has 0 fully saturated rings. The molecule has 2 aromatic rings. The maximum Gasteiger partial charge on any atom is 0.191 e. The number of para-hydroxylation sites is 1. The highest BCUT2D eigenvalue weighted by atomic mass is 16.5. The summed E-state index contributed by atoms with van der Waals surface area (Å²) < 4.78 is 16.8. The van der Waals surface area contributed by atoms with Gasteiger partial charge in [-0.1, -0.05) is 18.2 Å². The van der Waals surface area contributed by atoms with Crippen molar-refractivity contribution in [3.05, 3.63) is 54.0 Å². The average molecular weight is 373 g/mol. The second-order valence-corrected chi connectivity index (χ2v) is 7.16. The number of furan rings is 1. The van der Waals surface area contributed by atoms with Crippen molar-refractivity contribution in [1.29, 1.82) is 0 Å². The predicted molar refractivity (Wildman–Crippen MR) is 108 cm³/mol. The molecule has 1 aromatic carbocycles. The summed E-state index contributed by atoms with van der Waals surface area (Å²) in [7, 11) is 1.76. The molecule has 6 heteroatoms. The molecule has 2 N–H and O–H groups in total. The molecule has 0 amide bonds. The molecular weight excluding hydrogens is 342 g/mol. The first-order chi connectivity index (χ1) is 13.0. The second-order valence-electron chi connectivity index (χ2n) is 7.16. The van der Waals surface area contributed by atoms with Crippen LogP contribution in [-0.4, -0.2) is 31.8 Å². The van der Waals surface area contributed by atoms with E-state index in [9.17, 15) is 0 Å². The summed E-state index contributed by atoms with van der Waals surface area (Å²) >= 11 is 0. The number of hydrogen-bond acceptors (Lipinski definition) is 4. The second kappa shape index (κ2) is 10.6. The van der Waals surface area contributed by atoms with Gasteiger partial charge in [-0.15, -0.1) is 0 Å². The summed E-state index contributed by atoms with van der Waals surface area (Å²) in [6.45, 7) is 8.72. The first-order valence-corrected chi connectivity index (χ1v) is 9.29. The lowest BCUT2D eigenvalue weighted by molar-refractivity contribution is 0.105. The summed E-state index contributed by atoms with van der Waals surface area (Å²) in [6, 6.07) is 11.8. The molecule has 2 rings (SSSR count). The number of guanidine groups is 1. The normalized spacial score (nSPS) is 12.1. The monoisotopic (exact) mass is 373 g/mol. The molecule has 0 unspecified atom stereocenters. The highest BCUT2D eigenvalue weighted by Gasteiger charge is 2.14. The minimum absolute atomic E-state index is 0.230. The number of nitrogens with one attached hydrogen (secondary N) is 2. The van der Waals surface area contributed by atoms with Crippen LogP contribution in [0.5, 0.6) is 5.75 Å². The zero-order chi connectivity index (χ0) is 19.5. The number of hydrogen-bond donors (Lipinski definition) is 2. The van der Waals surface area contributed by atoms with Crippen molar-refractivity contribution in [2.24, 2.45) is 4.99 Å². The first kappa shape index (κ1) is 20.8. The highest BCUT2D eigenvalue weighted by molar-refractivity contribution is 5.79. The molecule has 6 nitrogen and oxygen atoms in total. The predicted octanol–water partition coefficient (Wildman–Crippen LogP) is 3.73. The minimum atomic E-state index is -0.230. The van der Waals surface area contributed by atoms with Crippen LogP contribution in [-0.2, 0) is 17.9 Å². The van der Waals surface area contributed by atoms with Gasteiger partial charge in [0.25, 0.3) is 0 Å². The molecular formula is C21H31N3O3. The van der Waals surface area contributed by atoms with E-state index in [1.54, 1.807) is 13.3 Å². The molecule has 0 saturated heterocycles. The van der Waals surface area contributed by atoms with E-state index in [0.29, 0.717) is 19.8 Å². The number of nitrogens with zero attached hydrogens (tertiary/aromatic N) is 1. The van der Waals surface area contributed by atoms with Gasteiger partial charge in [0, 0.05) is 32.3 Å². The SMILES string of the molecule is CN=C(NCCCOCc1ccco1)NCc1ccccc1OC(C)(C)C. The van der Waals surface area contributed by atoms with Gasteiger partial charge in [0.15, 0.2) is 5.96 Å². The van der Waals surface area contributed by atoms with Crippen LogP contribution in [0.15, 0.2) is 52.1 Å². The molecule has 0 bridgehead atoms. The largest absolute Gasteiger partial charge is 0.488 e. The van der Waals surface area contributed by atoms with Crippen LogP contribution < -0.4 is 15.4 Å². The Balaban J connectivity index is 1.69. The zero-order valence-electron chi connectivity index (χ0n) is 16.7. The fraction of sp³-hybridized carbons (Fsp3) is 0.476. The van der Waals surface area contributed by atoms with Crippen LogP contribution in [0.1, 0.15) is 38.5 Å². The topological polar surface area (TPSA) is 68.0 Å². The van der Waals surface area contributed by atoms with Gasteiger partial charge in [-0.05, 0) is 45.4 Å². The molecule has 0 atom stereocenters. The molecule has 0 aliphatic heterocycles. The van der Waals surface area contributed by atoms with E-state index >= 15 is 0 Å². The Morgan fingerprint density at radius 3 is 2.63 bits per heavy atom. The van der Waals surface area contributed by atoms with Gasteiger partial charge < -0.3 is 24.5 Å². The summed E-state index contributed by atoms with van der Waals surface area (Å²) in [5.41, 5.74) is 0.864. The van der Waals surface area contributed by atoms with Crippen molar-refractivity contribution in [3.8, 4) is 5.75 Å². The molecule has 0 spiro atoms. The van der Waals surface area contributed by atoms with Crippen LogP contribution in [0, 0.1) is 0 Å². The lowest BCUT2D eigenvalue weighted by Gasteiger charge is -2.23. The van der Waals surface area contributed by atoms with Gasteiger partial charge in [0.1, 0.15) is 23.7 Å². The van der Waals surface area contributed by atoms with E-state index in [4.69, 9.17) is 13.9 Å². The Labute approximate surface area is 162 Å². The van der Waals surface area contributed by atoms with Crippen molar-refractivity contribution in [3.63, 3.8) is 0 Å². The van der Waals surface area contributed by atoms with Crippen LogP contribution in [0.3, 0.4) is 0 Å². The third-order valence-electron chi connectivity index (χ3n) is 3.64. The van der Waals surface area contributed by atoms with Gasteiger partial charge in [-0.25, -0.2) is 0 Å². The minimum Gasteiger partial charge on any atom is -0.488 e. The average Bonchev–Trinajstić information content (AvgIpc) is 3.14. The van der Waals surface area contributed by atoms with E-state index in [0.717, 1.165) is 36.0 Å². The summed E-state index contributed by atoms with van der Waals surface area (Å²) in [6.07, 6.45) is 2.53. The maximum absolute atomic E-state index is 6.03. The van der Waals surface area contributed by atoms with Crippen LogP contribution in [0.4, 0.5) is 0 Å². The van der Waals surface area contributed by atoms with E-state index < -0.39 is 0 Å². The third-order valence-corrected chi connectivity index (χ3v) is 3.64. The van der Waals surface area contributed by atoms with E-state index in [1.807, 2.05) is 51.1 Å². The van der Waals surface area contributed by atoms with Crippen LogP contribution in [0.25, 0.3) is 0 Å². The lowest BCUT2D eigenvalue weighted by atomic mass is 10.1. The number of ether oxygens (including phenoxy) is 2. The number of rotatable bonds is 9. The van der Waals surface area contributed by atoms with Gasteiger partial charge in [0.2, 0.25) is 0 Å². The van der Waals surface area contributed by atoms with Gasteiger partial charge in [-0.2, -0.15) is 0 Å². The molecule has 0 aliphatic carbocycles. The Hall–Kier alpha value is -2.47. The fourth-order valence-corrected chi connectivity index (χ4v) is 2.43. The molecule has 0 aliphatic rings. The van der Waals surface area contributed by atoms with Gasteiger partial charge in [-0.3, -0.25) is 4.99 Å². The lowest BCUT2D eigenvalue weighted by Crippen LogP contribution is -2.37. The first-order valence-electron chi connectivity index (χ1n) is 9.29. The fourth-order valence-electron chi connectivity index (χ4n) is 2.43. The Kier molecular flexibility index (Phi) is 8.20. The maximum atomic E-state index is 6.03. The summed E-state index contributed by atoms with van der Waals surface area (Å²) in [5.74, 6) is 2.49. The van der Waals surface area contributed by atoms with Gasteiger partial charge >= 0.3 is 0 Å². The quantitative estimate of drug-likeness (QED) is 0.398. The molecule has 0 radical (unpaired) electrons. The van der Waals surface area contributed by atoms with E-state index in [-0.39, 0.29) is 5.60 Å². The smallest absolute Gasteiger partial charge is 0.191 e. The van der Waals surface area contributed by atoms with Crippen molar-refractivity contribution < 1.29 is 13.9 Å². The van der Waals surface area contributed by atoms with Crippen LogP contribution >= 0.6 is 0 Å². The zero-order valence-corrected chi connectivity index (χ0v) is 16.7. The summed E-state index contributed by atoms with van der Waals surface area (Å²) in [4.78, 5) is 4.26. The van der Waals surface area contributed by atoms with E-state index in [1.165, 1.54) is 0 Å². The number of aliphatic imine (C=N–C) groups is 1. The Morgan fingerprint density at radius 1 is 1.11 bits per heavy atom. The Morgan fingerprint density at radius 2 is 1.93 bits per heavy atom. The van der Waals surface area contributed by atoms with Crippen molar-refractivity contribution >= 4 is 5.96 Å². The molecule has 148 valence electrons. The van der Waals surface area contributed by atoms with Crippen molar-refractivity contribution in [2.75, 3.05) is 20.2 Å². The molecule has 1 heterocycles. The van der Waals surface area contributed by atoms with Crippen LogP contribution in [0.2, 0.25) is 0 Å². The summed E-state index contributed by atoms with van der Waals surface area (Å²) in [5, 5.41) is 6.62. The third kappa shape index (κ3) is 8.17. The molecule has 0 saturated carbocycles. The van der Waals surface area contributed by atoms with Gasteiger partial charge in [0.05, 0.1) is 6.26 Å². The standard InChI is InChI=1S/C21H31N3O3/c1-21(2,3)27-19-11-6-5-9-17(19)15-24-20(22-4)23-12-8-13-25-16-18-10-7-14-26-18/h5-7,9-11,14H,8,12-13,15-16H2,1-4H3,(H2,22,23,24). The van der Waals surface area contributed by atoms with Crippen molar-refractivity contribution in [1.82, 2.24) is 10.6 Å². The van der Waals surface area contributed by atoms with E-state index in [2.05, 4.69) is 21.7 Å².